The number of amides is 2. The zero-order valence-corrected chi connectivity index (χ0v) is 24.3. The molecule has 1 aromatic heterocycles. The Morgan fingerprint density at radius 2 is 1.81 bits per heavy atom. The average molecular weight is 602 g/mol. The third-order valence-electron chi connectivity index (χ3n) is 6.96. The number of hydrogen-bond acceptors (Lipinski definition) is 8. The fourth-order valence-electron chi connectivity index (χ4n) is 4.94. The van der Waals surface area contributed by atoms with Gasteiger partial charge in [0, 0.05) is 33.2 Å². The van der Waals surface area contributed by atoms with Crippen LogP contribution >= 0.6 is 23.1 Å². The summed E-state index contributed by atoms with van der Waals surface area (Å²) in [6.45, 7) is 0. The number of nitrogens with zero attached hydrogens (tertiary/aromatic N) is 1. The van der Waals surface area contributed by atoms with E-state index < -0.39 is 16.8 Å². The van der Waals surface area contributed by atoms with Gasteiger partial charge >= 0.3 is 5.97 Å². The van der Waals surface area contributed by atoms with Crippen molar-refractivity contribution in [3.8, 4) is 0 Å². The number of anilines is 2. The Balaban J connectivity index is 1.24. The normalized spacial score (nSPS) is 14.0. The Morgan fingerprint density at radius 1 is 1.02 bits per heavy atom. The molecule has 214 valence electrons. The van der Waals surface area contributed by atoms with E-state index in [0.717, 1.165) is 34.6 Å². The summed E-state index contributed by atoms with van der Waals surface area (Å²) in [4.78, 5) is 50.6. The number of thiophene rings is 1. The molecule has 0 aliphatic heterocycles. The van der Waals surface area contributed by atoms with E-state index in [0.29, 0.717) is 22.2 Å². The number of methoxy groups -OCH3 is 1. The van der Waals surface area contributed by atoms with E-state index in [1.54, 1.807) is 18.2 Å². The topological polar surface area (TPSA) is 128 Å². The van der Waals surface area contributed by atoms with Crippen molar-refractivity contribution in [3.05, 3.63) is 116 Å². The molecule has 1 aliphatic carbocycles. The zero-order valence-electron chi connectivity index (χ0n) is 22.6. The molecule has 5 rings (SSSR count). The summed E-state index contributed by atoms with van der Waals surface area (Å²) >= 11 is 2.71. The van der Waals surface area contributed by atoms with Crippen LogP contribution in [0.5, 0.6) is 0 Å². The van der Waals surface area contributed by atoms with Crippen LogP contribution in [0, 0.1) is 10.1 Å². The van der Waals surface area contributed by atoms with Crippen molar-refractivity contribution in [2.24, 2.45) is 0 Å². The number of carbonyl (C=O) groups is 3. The van der Waals surface area contributed by atoms with Crippen LogP contribution in [-0.2, 0) is 22.4 Å². The maximum absolute atomic E-state index is 13.0. The zero-order chi connectivity index (χ0) is 29.6. The molecule has 0 fully saturated rings. The van der Waals surface area contributed by atoms with E-state index in [1.807, 2.05) is 24.3 Å². The quantitative estimate of drug-likeness (QED) is 0.0946. The minimum absolute atomic E-state index is 0.0814. The second-order valence-electron chi connectivity index (χ2n) is 9.68. The Morgan fingerprint density at radius 3 is 2.57 bits per heavy atom. The SMILES string of the molecule is COC(=O)c1c(NC(=O)CSc2cccc(NC(=O)c3cccc([N+](=O)[O-])c3)c2)sc2c1CCC(c1ccccc1)C2. The van der Waals surface area contributed by atoms with Gasteiger partial charge in [-0.1, -0.05) is 42.5 Å². The number of esters is 1. The molecule has 1 atom stereocenters. The number of carbonyl (C=O) groups excluding carboxylic acids is 3. The van der Waals surface area contributed by atoms with Crippen molar-refractivity contribution in [3.63, 3.8) is 0 Å². The summed E-state index contributed by atoms with van der Waals surface area (Å²) in [7, 11) is 1.34. The van der Waals surface area contributed by atoms with Gasteiger partial charge in [0.05, 0.1) is 23.3 Å². The fourth-order valence-corrected chi connectivity index (χ4v) is 7.03. The number of nitrogens with one attached hydrogen (secondary N) is 2. The molecule has 0 radical (unpaired) electrons. The highest BCUT2D eigenvalue weighted by Crippen LogP contribution is 2.43. The highest BCUT2D eigenvalue weighted by atomic mass is 32.2. The van der Waals surface area contributed by atoms with Crippen molar-refractivity contribution < 1.29 is 24.0 Å². The fraction of sp³-hybridized carbons (Fsp3) is 0.194. The summed E-state index contributed by atoms with van der Waals surface area (Å²) in [6.07, 6.45) is 2.44. The molecule has 9 nitrogen and oxygen atoms in total. The van der Waals surface area contributed by atoms with Gasteiger partial charge in [0.2, 0.25) is 5.91 Å². The van der Waals surface area contributed by atoms with Gasteiger partial charge in [0.15, 0.2) is 0 Å². The maximum atomic E-state index is 13.0. The first kappa shape index (κ1) is 29.0. The number of benzene rings is 3. The van der Waals surface area contributed by atoms with E-state index in [-0.39, 0.29) is 22.9 Å². The van der Waals surface area contributed by atoms with E-state index in [2.05, 4.69) is 22.8 Å². The predicted molar refractivity (Wildman–Crippen MR) is 164 cm³/mol. The molecule has 0 saturated carbocycles. The van der Waals surface area contributed by atoms with Crippen molar-refractivity contribution in [1.82, 2.24) is 0 Å². The van der Waals surface area contributed by atoms with Crippen LogP contribution in [0.4, 0.5) is 16.4 Å². The Kier molecular flexibility index (Phi) is 8.99. The number of fused-ring (bicyclic) bond motifs is 1. The van der Waals surface area contributed by atoms with Gasteiger partial charge in [-0.15, -0.1) is 23.1 Å². The van der Waals surface area contributed by atoms with Crippen molar-refractivity contribution in [1.29, 1.82) is 0 Å². The molecule has 2 N–H and O–H groups in total. The Labute approximate surface area is 250 Å². The molecule has 1 heterocycles. The van der Waals surface area contributed by atoms with Gasteiger partial charge in [-0.05, 0) is 60.6 Å². The number of nitro benzene ring substituents is 1. The molecular formula is C31H27N3O6S2. The van der Waals surface area contributed by atoms with Crippen LogP contribution in [0.25, 0.3) is 0 Å². The lowest BCUT2D eigenvalue weighted by atomic mass is 9.83. The third-order valence-corrected chi connectivity index (χ3v) is 9.12. The number of thioether (sulfide) groups is 1. The lowest BCUT2D eigenvalue weighted by Gasteiger charge is -2.22. The van der Waals surface area contributed by atoms with E-state index in [9.17, 15) is 24.5 Å². The average Bonchev–Trinajstić information content (AvgIpc) is 3.37. The second kappa shape index (κ2) is 13.0. The van der Waals surface area contributed by atoms with Crippen LogP contribution in [0.15, 0.2) is 83.8 Å². The predicted octanol–water partition coefficient (Wildman–Crippen LogP) is 6.70. The smallest absolute Gasteiger partial charge is 0.341 e. The minimum Gasteiger partial charge on any atom is -0.465 e. The van der Waals surface area contributed by atoms with Crippen LogP contribution in [0.1, 0.15) is 49.1 Å². The molecule has 0 bridgehead atoms. The van der Waals surface area contributed by atoms with E-state index >= 15 is 0 Å². The Bertz CT molecular complexity index is 1650. The van der Waals surface area contributed by atoms with Gasteiger partial charge in [0.1, 0.15) is 5.00 Å². The Hall–Kier alpha value is -4.48. The number of hydrogen-bond donors (Lipinski definition) is 2. The van der Waals surface area contributed by atoms with E-state index in [1.165, 1.54) is 60.0 Å². The summed E-state index contributed by atoms with van der Waals surface area (Å²) in [6, 6.07) is 22.8. The highest BCUT2D eigenvalue weighted by molar-refractivity contribution is 8.00. The summed E-state index contributed by atoms with van der Waals surface area (Å²) in [5.41, 5.74) is 3.14. The second-order valence-corrected chi connectivity index (χ2v) is 11.8. The van der Waals surface area contributed by atoms with Gasteiger partial charge in [-0.2, -0.15) is 0 Å². The number of ether oxygens (including phenoxy) is 1. The molecule has 1 unspecified atom stereocenters. The molecule has 42 heavy (non-hydrogen) atoms. The van der Waals surface area contributed by atoms with Gasteiger partial charge in [-0.25, -0.2) is 4.79 Å². The minimum atomic E-state index is -0.555. The van der Waals surface area contributed by atoms with Crippen LogP contribution < -0.4 is 10.6 Å². The van der Waals surface area contributed by atoms with E-state index in [4.69, 9.17) is 4.74 Å². The lowest BCUT2D eigenvalue weighted by molar-refractivity contribution is -0.384. The molecule has 0 saturated heterocycles. The van der Waals surface area contributed by atoms with Gasteiger partial charge < -0.3 is 15.4 Å². The van der Waals surface area contributed by atoms with Crippen LogP contribution in [0.2, 0.25) is 0 Å². The summed E-state index contributed by atoms with van der Waals surface area (Å²) < 4.78 is 5.06. The first-order valence-corrected chi connectivity index (χ1v) is 15.0. The number of nitro groups is 1. The molecule has 0 spiro atoms. The van der Waals surface area contributed by atoms with Gasteiger partial charge in [-0.3, -0.25) is 19.7 Å². The summed E-state index contributed by atoms with van der Waals surface area (Å²) in [5.74, 6) is -0.773. The number of non-ortho nitro benzene ring substituents is 1. The molecule has 4 aromatic rings. The first-order chi connectivity index (χ1) is 20.3. The third kappa shape index (κ3) is 6.69. The largest absolute Gasteiger partial charge is 0.465 e. The number of rotatable bonds is 9. The highest BCUT2D eigenvalue weighted by Gasteiger charge is 2.30. The van der Waals surface area contributed by atoms with Crippen molar-refractivity contribution in [2.45, 2.75) is 30.1 Å². The maximum Gasteiger partial charge on any atom is 0.341 e. The first-order valence-electron chi connectivity index (χ1n) is 13.2. The standard InChI is InChI=1S/C31H27N3O6S2/c1-40-31(37)28-25-14-13-20(19-7-3-2-4-8-19)16-26(25)42-30(28)33-27(35)18-41-24-12-6-10-22(17-24)32-29(36)21-9-5-11-23(15-21)34(38)39/h2-12,15,17,20H,13-14,16,18H2,1H3,(H,32,36)(H,33,35). The van der Waals surface area contributed by atoms with Crippen LogP contribution in [-0.4, -0.2) is 35.6 Å². The van der Waals surface area contributed by atoms with Crippen molar-refractivity contribution >= 4 is 57.3 Å². The lowest BCUT2D eigenvalue weighted by Crippen LogP contribution is -2.17. The monoisotopic (exact) mass is 601 g/mol. The van der Waals surface area contributed by atoms with Crippen LogP contribution in [0.3, 0.4) is 0 Å². The molecule has 3 aromatic carbocycles. The van der Waals surface area contributed by atoms with Crippen molar-refractivity contribution in [2.75, 3.05) is 23.5 Å². The van der Waals surface area contributed by atoms with Gasteiger partial charge in [0.25, 0.3) is 11.6 Å². The molecule has 11 heteroatoms. The summed E-state index contributed by atoms with van der Waals surface area (Å²) in [5, 5.41) is 17.2. The molecule has 1 aliphatic rings. The molecular weight excluding hydrogens is 574 g/mol. The molecule has 2 amide bonds.